The molecule has 188 valence electrons. The first-order chi connectivity index (χ1) is 17.0. The molecule has 2 saturated heterocycles. The topological polar surface area (TPSA) is 75.9 Å². The quantitative estimate of drug-likeness (QED) is 0.419. The van der Waals surface area contributed by atoms with Crippen LogP contribution in [-0.2, 0) is 0 Å². The van der Waals surface area contributed by atoms with Crippen molar-refractivity contribution in [2.24, 2.45) is 0 Å². The van der Waals surface area contributed by atoms with Crippen molar-refractivity contribution < 1.29 is 22.7 Å². The van der Waals surface area contributed by atoms with Gasteiger partial charge in [-0.1, -0.05) is 0 Å². The van der Waals surface area contributed by atoms with Gasteiger partial charge in [0.25, 0.3) is 5.92 Å². The standard InChI is InChI=1S/C25H31F2N5O3/c1-33-20-16-18-19(17-21(20)34-15-5-11-31-9-2-3-10-31)28-24(32-12-7-25(26,27)8-13-32)30-23(18)29-22-6-4-14-35-22/h4,6,14,16-17H,2-3,5,7-13,15H2,1H3,(H,28,29,30). The van der Waals surface area contributed by atoms with Crippen LogP contribution in [0.4, 0.5) is 26.4 Å². The number of nitrogens with zero attached hydrogens (tertiary/aromatic N) is 4. The molecule has 0 amide bonds. The van der Waals surface area contributed by atoms with Crippen LogP contribution < -0.4 is 19.7 Å². The van der Waals surface area contributed by atoms with Gasteiger partial charge in [0.15, 0.2) is 17.4 Å². The summed E-state index contributed by atoms with van der Waals surface area (Å²) in [6, 6.07) is 7.23. The number of alkyl halides is 2. The zero-order valence-corrected chi connectivity index (χ0v) is 19.9. The van der Waals surface area contributed by atoms with E-state index >= 15 is 0 Å². The van der Waals surface area contributed by atoms with E-state index in [0.717, 1.165) is 26.1 Å². The summed E-state index contributed by atoms with van der Waals surface area (Å²) in [4.78, 5) is 13.6. The maximum atomic E-state index is 13.7. The average Bonchev–Trinajstić information content (AvgIpc) is 3.56. The number of piperidine rings is 1. The lowest BCUT2D eigenvalue weighted by molar-refractivity contribution is -0.0222. The maximum absolute atomic E-state index is 13.7. The lowest BCUT2D eigenvalue weighted by Gasteiger charge is -2.32. The number of hydrogen-bond acceptors (Lipinski definition) is 8. The molecule has 2 fully saturated rings. The lowest BCUT2D eigenvalue weighted by atomic mass is 10.1. The van der Waals surface area contributed by atoms with E-state index in [4.69, 9.17) is 18.9 Å². The molecule has 2 aliphatic rings. The Balaban J connectivity index is 1.42. The highest BCUT2D eigenvalue weighted by Gasteiger charge is 2.35. The predicted molar refractivity (Wildman–Crippen MR) is 130 cm³/mol. The molecular weight excluding hydrogens is 456 g/mol. The van der Waals surface area contributed by atoms with Crippen LogP contribution in [0.3, 0.4) is 0 Å². The van der Waals surface area contributed by atoms with Crippen molar-refractivity contribution in [2.75, 3.05) is 56.7 Å². The fraction of sp³-hybridized carbons (Fsp3) is 0.520. The van der Waals surface area contributed by atoms with Crippen LogP contribution in [0.15, 0.2) is 34.9 Å². The summed E-state index contributed by atoms with van der Waals surface area (Å²) < 4.78 is 44.6. The third kappa shape index (κ3) is 5.58. The molecule has 0 spiro atoms. The molecule has 0 aliphatic carbocycles. The third-order valence-corrected chi connectivity index (χ3v) is 6.58. The second kappa shape index (κ2) is 10.2. The van der Waals surface area contributed by atoms with Gasteiger partial charge in [0.05, 0.1) is 25.5 Å². The number of hydrogen-bond donors (Lipinski definition) is 1. The van der Waals surface area contributed by atoms with Crippen molar-refractivity contribution in [2.45, 2.75) is 38.0 Å². The first-order valence-corrected chi connectivity index (χ1v) is 12.2. The summed E-state index contributed by atoms with van der Waals surface area (Å²) in [7, 11) is 1.60. The van der Waals surface area contributed by atoms with Gasteiger partial charge < -0.3 is 29.0 Å². The third-order valence-electron chi connectivity index (χ3n) is 6.58. The molecule has 1 N–H and O–H groups in total. The first-order valence-electron chi connectivity index (χ1n) is 12.2. The van der Waals surface area contributed by atoms with E-state index < -0.39 is 5.92 Å². The highest BCUT2D eigenvalue weighted by atomic mass is 19.3. The largest absolute Gasteiger partial charge is 0.493 e. The van der Waals surface area contributed by atoms with Crippen LogP contribution in [-0.4, -0.2) is 67.2 Å². The van der Waals surface area contributed by atoms with Crippen LogP contribution in [0.25, 0.3) is 10.9 Å². The Morgan fingerprint density at radius 1 is 1.09 bits per heavy atom. The molecule has 2 aromatic heterocycles. The number of methoxy groups -OCH3 is 1. The summed E-state index contributed by atoms with van der Waals surface area (Å²) in [5, 5.41) is 3.90. The number of halogens is 2. The van der Waals surface area contributed by atoms with Crippen molar-refractivity contribution in [3.8, 4) is 11.5 Å². The minimum Gasteiger partial charge on any atom is -0.493 e. The average molecular weight is 488 g/mol. The molecule has 35 heavy (non-hydrogen) atoms. The highest BCUT2D eigenvalue weighted by molar-refractivity contribution is 5.94. The molecule has 1 aromatic carbocycles. The van der Waals surface area contributed by atoms with Gasteiger partial charge in [-0.15, -0.1) is 0 Å². The number of likely N-dealkylation sites (tertiary alicyclic amines) is 1. The second-order valence-electron chi connectivity index (χ2n) is 9.09. The normalized spacial score (nSPS) is 18.2. The van der Waals surface area contributed by atoms with E-state index in [1.807, 2.05) is 12.1 Å². The Morgan fingerprint density at radius 3 is 2.60 bits per heavy atom. The Bertz CT molecular complexity index is 1130. The summed E-state index contributed by atoms with van der Waals surface area (Å²) in [5.74, 6) is -0.0486. The lowest BCUT2D eigenvalue weighted by Crippen LogP contribution is -2.40. The van der Waals surface area contributed by atoms with E-state index in [1.165, 1.54) is 12.8 Å². The summed E-state index contributed by atoms with van der Waals surface area (Å²) >= 11 is 0. The Hall–Kier alpha value is -3.14. The van der Waals surface area contributed by atoms with Gasteiger partial charge in [-0.2, -0.15) is 4.98 Å². The molecule has 2 aliphatic heterocycles. The van der Waals surface area contributed by atoms with Crippen molar-refractivity contribution in [3.63, 3.8) is 0 Å². The molecule has 10 heteroatoms. The smallest absolute Gasteiger partial charge is 0.251 e. The monoisotopic (exact) mass is 487 g/mol. The van der Waals surface area contributed by atoms with Crippen LogP contribution in [0, 0.1) is 0 Å². The van der Waals surface area contributed by atoms with E-state index in [2.05, 4.69) is 15.2 Å². The van der Waals surface area contributed by atoms with Crippen molar-refractivity contribution in [1.82, 2.24) is 14.9 Å². The van der Waals surface area contributed by atoms with Crippen LogP contribution in [0.1, 0.15) is 32.1 Å². The Morgan fingerprint density at radius 2 is 1.89 bits per heavy atom. The summed E-state index contributed by atoms with van der Waals surface area (Å²) in [5.41, 5.74) is 0.636. The maximum Gasteiger partial charge on any atom is 0.251 e. The van der Waals surface area contributed by atoms with Crippen molar-refractivity contribution >= 4 is 28.6 Å². The van der Waals surface area contributed by atoms with E-state index in [1.54, 1.807) is 30.4 Å². The molecule has 0 bridgehead atoms. The number of anilines is 3. The van der Waals surface area contributed by atoms with Crippen LogP contribution in [0.5, 0.6) is 11.5 Å². The molecule has 0 radical (unpaired) electrons. The van der Waals surface area contributed by atoms with Crippen LogP contribution >= 0.6 is 0 Å². The number of benzene rings is 1. The fourth-order valence-electron chi connectivity index (χ4n) is 4.61. The van der Waals surface area contributed by atoms with Crippen LogP contribution in [0.2, 0.25) is 0 Å². The van der Waals surface area contributed by atoms with Gasteiger partial charge in [-0.3, -0.25) is 0 Å². The van der Waals surface area contributed by atoms with Gasteiger partial charge in [0.1, 0.15) is 5.82 Å². The number of furan rings is 1. The van der Waals surface area contributed by atoms with E-state index in [0.29, 0.717) is 46.7 Å². The molecule has 3 aromatic rings. The highest BCUT2D eigenvalue weighted by Crippen LogP contribution is 2.37. The zero-order chi connectivity index (χ0) is 24.3. The van der Waals surface area contributed by atoms with Gasteiger partial charge in [-0.25, -0.2) is 13.8 Å². The Kier molecular flexibility index (Phi) is 6.90. The number of nitrogens with one attached hydrogen (secondary N) is 1. The SMILES string of the molecule is COc1cc2c(Nc3ccco3)nc(N3CCC(F)(F)CC3)nc2cc1OCCCN1CCCC1. The van der Waals surface area contributed by atoms with Crippen molar-refractivity contribution in [1.29, 1.82) is 0 Å². The van der Waals surface area contributed by atoms with Gasteiger partial charge in [0.2, 0.25) is 5.95 Å². The molecule has 0 saturated carbocycles. The molecule has 0 unspecified atom stereocenters. The van der Waals surface area contributed by atoms with Gasteiger partial charge >= 0.3 is 0 Å². The summed E-state index contributed by atoms with van der Waals surface area (Å²) in [6.07, 6.45) is 4.58. The zero-order valence-electron chi connectivity index (χ0n) is 19.9. The number of ether oxygens (including phenoxy) is 2. The molecule has 4 heterocycles. The fourth-order valence-corrected chi connectivity index (χ4v) is 4.61. The Labute approximate surface area is 203 Å². The van der Waals surface area contributed by atoms with Crippen molar-refractivity contribution in [3.05, 3.63) is 30.5 Å². The minimum absolute atomic E-state index is 0.189. The first kappa shape index (κ1) is 23.6. The summed E-state index contributed by atoms with van der Waals surface area (Å²) in [6.45, 7) is 4.28. The second-order valence-corrected chi connectivity index (χ2v) is 9.09. The number of aromatic nitrogens is 2. The molecule has 8 nitrogen and oxygen atoms in total. The predicted octanol–water partition coefficient (Wildman–Crippen LogP) is 5.08. The molecular formula is C25H31F2N5O3. The number of rotatable bonds is 9. The molecule has 0 atom stereocenters. The minimum atomic E-state index is -2.65. The van der Waals surface area contributed by atoms with Gasteiger partial charge in [0, 0.05) is 50.0 Å². The van der Waals surface area contributed by atoms with E-state index in [-0.39, 0.29) is 25.9 Å². The van der Waals surface area contributed by atoms with Gasteiger partial charge in [-0.05, 0) is 44.5 Å². The van der Waals surface area contributed by atoms with E-state index in [9.17, 15) is 8.78 Å². The number of fused-ring (bicyclic) bond motifs is 1. The molecule has 5 rings (SSSR count).